The third kappa shape index (κ3) is 3.78. The van der Waals surface area contributed by atoms with Crippen LogP contribution in [0, 0.1) is 0 Å². The number of hydrogen-bond acceptors (Lipinski definition) is 6. The molecule has 3 aromatic heterocycles. The number of nitrogens with zero attached hydrogens (tertiary/aromatic N) is 6. The van der Waals surface area contributed by atoms with Gasteiger partial charge in [-0.15, -0.1) is 0 Å². The topological polar surface area (TPSA) is 107 Å². The van der Waals surface area contributed by atoms with E-state index in [0.29, 0.717) is 12.4 Å². The second-order valence-electron chi connectivity index (χ2n) is 7.69. The average Bonchev–Trinajstić information content (AvgIpc) is 3.22. The molecular formula is C22H23N7O3. The zero-order chi connectivity index (χ0) is 23.0. The largest absolute Gasteiger partial charge is 0.378 e. The third-order valence-electron chi connectivity index (χ3n) is 5.30. The molecule has 1 N–H and O–H groups in total. The Bertz CT molecular complexity index is 1430. The van der Waals surface area contributed by atoms with Gasteiger partial charge < -0.3 is 10.2 Å². The molecule has 0 bridgehead atoms. The molecule has 10 nitrogen and oxygen atoms in total. The fourth-order valence-corrected chi connectivity index (χ4v) is 3.42. The second-order valence-corrected chi connectivity index (χ2v) is 7.69. The Morgan fingerprint density at radius 2 is 1.78 bits per heavy atom. The van der Waals surface area contributed by atoms with E-state index in [-0.39, 0.29) is 16.6 Å². The van der Waals surface area contributed by atoms with E-state index in [0.717, 1.165) is 15.8 Å². The Morgan fingerprint density at radius 3 is 2.47 bits per heavy atom. The number of nitrogens with one attached hydrogen (secondary N) is 1. The van der Waals surface area contributed by atoms with E-state index in [9.17, 15) is 14.4 Å². The molecule has 1 amide bonds. The number of anilines is 2. The van der Waals surface area contributed by atoms with Crippen molar-refractivity contribution >= 4 is 28.4 Å². The minimum absolute atomic E-state index is 0.191. The Hall–Kier alpha value is -4.21. The van der Waals surface area contributed by atoms with Crippen molar-refractivity contribution in [1.82, 2.24) is 23.9 Å². The quantitative estimate of drug-likeness (QED) is 0.507. The summed E-state index contributed by atoms with van der Waals surface area (Å²) < 4.78 is 3.94. The van der Waals surface area contributed by atoms with Gasteiger partial charge >= 0.3 is 5.69 Å². The molecule has 4 rings (SSSR count). The van der Waals surface area contributed by atoms with Crippen LogP contribution >= 0.6 is 0 Å². The van der Waals surface area contributed by atoms with E-state index >= 15 is 0 Å². The number of aryl methyl sites for hydroxylation is 1. The lowest BCUT2D eigenvalue weighted by atomic mass is 10.2. The van der Waals surface area contributed by atoms with E-state index in [1.807, 2.05) is 43.3 Å². The summed E-state index contributed by atoms with van der Waals surface area (Å²) in [6.07, 6.45) is 2.95. The van der Waals surface area contributed by atoms with Gasteiger partial charge in [-0.2, -0.15) is 5.10 Å². The maximum absolute atomic E-state index is 12.9. The van der Waals surface area contributed by atoms with Crippen LogP contribution in [0.4, 0.5) is 11.5 Å². The number of carbonyl (C=O) groups excluding carboxylic acids is 1. The summed E-state index contributed by atoms with van der Waals surface area (Å²) in [5.41, 5.74) is 1.57. The first-order valence-electron chi connectivity index (χ1n) is 9.91. The number of amides is 1. The number of benzene rings is 1. The lowest BCUT2D eigenvalue weighted by molar-refractivity contribution is 0.102. The third-order valence-corrected chi connectivity index (χ3v) is 5.30. The summed E-state index contributed by atoms with van der Waals surface area (Å²) in [7, 11) is 6.88. The molecule has 10 heteroatoms. The van der Waals surface area contributed by atoms with Crippen molar-refractivity contribution in [1.29, 1.82) is 0 Å². The zero-order valence-electron chi connectivity index (χ0n) is 18.2. The van der Waals surface area contributed by atoms with Gasteiger partial charge in [0.15, 0.2) is 0 Å². The van der Waals surface area contributed by atoms with Gasteiger partial charge in [0.1, 0.15) is 11.5 Å². The standard InChI is InChI=1S/C22H23N7O3/c1-26(2)16-7-5-14(6-8-16)13-29-18(9-10-24-29)25-20(30)15-11-17-19(23-12-15)27(3)22(32)28(4)21(17)31/h5-12H,13H2,1-4H3,(H,25,30). The highest BCUT2D eigenvalue weighted by atomic mass is 16.2. The molecule has 0 saturated carbocycles. The van der Waals surface area contributed by atoms with Gasteiger partial charge in [-0.1, -0.05) is 12.1 Å². The van der Waals surface area contributed by atoms with Crippen LogP contribution < -0.4 is 21.5 Å². The first-order chi connectivity index (χ1) is 15.3. The minimum Gasteiger partial charge on any atom is -0.378 e. The summed E-state index contributed by atoms with van der Waals surface area (Å²) in [5, 5.41) is 7.31. The van der Waals surface area contributed by atoms with Crippen molar-refractivity contribution in [3.8, 4) is 0 Å². The van der Waals surface area contributed by atoms with E-state index in [1.165, 1.54) is 30.9 Å². The van der Waals surface area contributed by atoms with Crippen molar-refractivity contribution in [3.63, 3.8) is 0 Å². The van der Waals surface area contributed by atoms with Crippen molar-refractivity contribution in [3.05, 3.63) is 80.8 Å². The number of carbonyl (C=O) groups is 1. The molecule has 0 unspecified atom stereocenters. The van der Waals surface area contributed by atoms with Crippen LogP contribution in [0.1, 0.15) is 15.9 Å². The molecule has 0 saturated heterocycles. The molecular weight excluding hydrogens is 410 g/mol. The van der Waals surface area contributed by atoms with E-state index in [1.54, 1.807) is 16.9 Å². The van der Waals surface area contributed by atoms with Gasteiger partial charge in [0, 0.05) is 46.1 Å². The number of aromatic nitrogens is 5. The summed E-state index contributed by atoms with van der Waals surface area (Å²) in [6, 6.07) is 11.2. The van der Waals surface area contributed by atoms with Crippen LogP contribution in [-0.2, 0) is 20.6 Å². The van der Waals surface area contributed by atoms with Crippen LogP contribution in [0.15, 0.2) is 58.4 Å². The van der Waals surface area contributed by atoms with Gasteiger partial charge in [0.05, 0.1) is 23.7 Å². The van der Waals surface area contributed by atoms with E-state index in [4.69, 9.17) is 0 Å². The Labute approximate surface area is 183 Å². The average molecular weight is 433 g/mol. The summed E-state index contributed by atoms with van der Waals surface area (Å²) in [6.45, 7) is 0.481. The maximum Gasteiger partial charge on any atom is 0.332 e. The lowest BCUT2D eigenvalue weighted by Gasteiger charge is -2.13. The van der Waals surface area contributed by atoms with Crippen molar-refractivity contribution < 1.29 is 4.79 Å². The van der Waals surface area contributed by atoms with Crippen LogP contribution in [0.2, 0.25) is 0 Å². The highest BCUT2D eigenvalue weighted by Gasteiger charge is 2.15. The zero-order valence-corrected chi connectivity index (χ0v) is 18.2. The van der Waals surface area contributed by atoms with Crippen LogP contribution in [0.25, 0.3) is 11.0 Å². The Kier molecular flexibility index (Phi) is 5.35. The fourth-order valence-electron chi connectivity index (χ4n) is 3.42. The van der Waals surface area contributed by atoms with Gasteiger partial charge in [0.25, 0.3) is 11.5 Å². The van der Waals surface area contributed by atoms with Gasteiger partial charge in [-0.05, 0) is 23.8 Å². The molecule has 0 atom stereocenters. The first-order valence-corrected chi connectivity index (χ1v) is 9.91. The number of pyridine rings is 1. The summed E-state index contributed by atoms with van der Waals surface area (Å²) in [5.74, 6) is 0.0835. The molecule has 4 aromatic rings. The van der Waals surface area contributed by atoms with Crippen molar-refractivity contribution in [2.45, 2.75) is 6.54 Å². The summed E-state index contributed by atoms with van der Waals surface area (Å²) >= 11 is 0. The van der Waals surface area contributed by atoms with Crippen LogP contribution in [0.5, 0.6) is 0 Å². The van der Waals surface area contributed by atoms with Crippen molar-refractivity contribution in [2.24, 2.45) is 14.1 Å². The highest BCUT2D eigenvalue weighted by molar-refractivity contribution is 6.05. The molecule has 164 valence electrons. The van der Waals surface area contributed by atoms with Gasteiger partial charge in [0.2, 0.25) is 0 Å². The second kappa shape index (κ2) is 8.14. The molecule has 32 heavy (non-hydrogen) atoms. The highest BCUT2D eigenvalue weighted by Crippen LogP contribution is 2.16. The Morgan fingerprint density at radius 1 is 1.06 bits per heavy atom. The number of hydrogen-bond donors (Lipinski definition) is 1. The molecule has 0 aliphatic heterocycles. The lowest BCUT2D eigenvalue weighted by Crippen LogP contribution is -2.37. The number of rotatable bonds is 5. The van der Waals surface area contributed by atoms with E-state index in [2.05, 4.69) is 15.4 Å². The van der Waals surface area contributed by atoms with Gasteiger partial charge in [-0.3, -0.25) is 18.7 Å². The molecule has 1 aromatic carbocycles. The number of fused-ring (bicyclic) bond motifs is 1. The molecule has 0 fully saturated rings. The molecule has 0 spiro atoms. The van der Waals surface area contributed by atoms with Crippen molar-refractivity contribution in [2.75, 3.05) is 24.3 Å². The summed E-state index contributed by atoms with van der Waals surface area (Å²) in [4.78, 5) is 43.6. The maximum atomic E-state index is 12.9. The normalized spacial score (nSPS) is 11.0. The first kappa shape index (κ1) is 21.0. The minimum atomic E-state index is -0.503. The van der Waals surface area contributed by atoms with Gasteiger partial charge in [-0.25, -0.2) is 14.5 Å². The predicted molar refractivity (Wildman–Crippen MR) is 122 cm³/mol. The smallest absolute Gasteiger partial charge is 0.332 e. The SMILES string of the molecule is CN(C)c1ccc(Cn2nccc2NC(=O)c2cnc3c(c2)c(=O)n(C)c(=O)n3C)cc1. The monoisotopic (exact) mass is 433 g/mol. The molecule has 0 radical (unpaired) electrons. The van der Waals surface area contributed by atoms with Crippen LogP contribution in [0.3, 0.4) is 0 Å². The van der Waals surface area contributed by atoms with Crippen LogP contribution in [-0.4, -0.2) is 43.9 Å². The Balaban J connectivity index is 1.59. The fraction of sp³-hybridized carbons (Fsp3) is 0.227. The molecule has 0 aliphatic carbocycles. The molecule has 0 aliphatic rings. The molecule has 3 heterocycles. The van der Waals surface area contributed by atoms with E-state index < -0.39 is 17.2 Å². The predicted octanol–water partition coefficient (Wildman–Crippen LogP) is 1.20.